The number of aromatic nitrogens is 4. The van der Waals surface area contributed by atoms with Crippen LogP contribution in [0.25, 0.3) is 22.3 Å². The van der Waals surface area contributed by atoms with Crippen molar-refractivity contribution in [1.29, 1.82) is 0 Å². The lowest BCUT2D eigenvalue weighted by Gasteiger charge is -2.34. The van der Waals surface area contributed by atoms with Crippen molar-refractivity contribution >= 4 is 22.8 Å². The molecule has 8 nitrogen and oxygen atoms in total. The van der Waals surface area contributed by atoms with Gasteiger partial charge in [0.05, 0.1) is 11.7 Å². The lowest BCUT2D eigenvalue weighted by Crippen LogP contribution is -2.49. The molecule has 1 amide bonds. The highest BCUT2D eigenvalue weighted by molar-refractivity contribution is 5.83. The van der Waals surface area contributed by atoms with Crippen molar-refractivity contribution in [1.82, 2.24) is 24.8 Å². The van der Waals surface area contributed by atoms with Gasteiger partial charge in [-0.3, -0.25) is 9.48 Å². The predicted octanol–water partition coefficient (Wildman–Crippen LogP) is 3.51. The van der Waals surface area contributed by atoms with Gasteiger partial charge in [-0.1, -0.05) is 24.2 Å². The molecular formula is C22H28N6O2. The molecule has 0 N–H and O–H groups in total. The van der Waals surface area contributed by atoms with Crippen molar-refractivity contribution in [2.75, 3.05) is 31.1 Å². The Bertz CT molecular complexity index is 1070. The molecule has 1 aliphatic heterocycles. The second-order valence-electron chi connectivity index (χ2n) is 9.21. The van der Waals surface area contributed by atoms with Gasteiger partial charge in [-0.15, -0.1) is 0 Å². The maximum absolute atomic E-state index is 12.5. The molecule has 2 aliphatic rings. The van der Waals surface area contributed by atoms with E-state index in [0.29, 0.717) is 44.4 Å². The molecule has 1 saturated carbocycles. The van der Waals surface area contributed by atoms with Crippen molar-refractivity contribution in [3.05, 3.63) is 24.4 Å². The zero-order valence-electron chi connectivity index (χ0n) is 17.8. The Hall–Kier alpha value is -2.90. The summed E-state index contributed by atoms with van der Waals surface area (Å²) in [6.45, 7) is 9.25. The van der Waals surface area contributed by atoms with Gasteiger partial charge in [0, 0.05) is 49.6 Å². The topological polar surface area (TPSA) is 80.3 Å². The molecule has 158 valence electrons. The van der Waals surface area contributed by atoms with Gasteiger partial charge >= 0.3 is 6.01 Å². The molecule has 0 unspecified atom stereocenters. The van der Waals surface area contributed by atoms with E-state index in [4.69, 9.17) is 4.52 Å². The normalized spacial score (nSPS) is 18.4. The fraction of sp³-hybridized carbons (Fsp3) is 0.545. The second kappa shape index (κ2) is 7.11. The molecule has 1 saturated heterocycles. The second-order valence-corrected chi connectivity index (χ2v) is 9.21. The number of anilines is 1. The lowest BCUT2D eigenvalue weighted by atomic mass is 10.0. The molecule has 2 fully saturated rings. The minimum absolute atomic E-state index is 0.252. The first-order valence-corrected chi connectivity index (χ1v) is 10.8. The van der Waals surface area contributed by atoms with Gasteiger partial charge in [-0.25, -0.2) is 0 Å². The van der Waals surface area contributed by atoms with Gasteiger partial charge in [0.15, 0.2) is 0 Å². The highest BCUT2D eigenvalue weighted by Gasteiger charge is 2.40. The quantitative estimate of drug-likeness (QED) is 0.643. The van der Waals surface area contributed by atoms with Crippen LogP contribution in [0.1, 0.15) is 46.1 Å². The van der Waals surface area contributed by atoms with Crippen LogP contribution in [0.5, 0.6) is 0 Å². The lowest BCUT2D eigenvalue weighted by molar-refractivity contribution is -0.132. The summed E-state index contributed by atoms with van der Waals surface area (Å²) >= 11 is 0. The van der Waals surface area contributed by atoms with Gasteiger partial charge in [0.2, 0.25) is 11.7 Å². The molecule has 1 aliphatic carbocycles. The monoisotopic (exact) mass is 408 g/mol. The van der Waals surface area contributed by atoms with Gasteiger partial charge in [0.1, 0.15) is 0 Å². The van der Waals surface area contributed by atoms with E-state index in [0.717, 1.165) is 16.5 Å². The molecule has 3 heterocycles. The zero-order chi connectivity index (χ0) is 20.9. The first kappa shape index (κ1) is 19.1. The number of nitrogens with zero attached hydrogens (tertiary/aromatic N) is 6. The Morgan fingerprint density at radius 3 is 2.67 bits per heavy atom. The van der Waals surface area contributed by atoms with Crippen LogP contribution in [0, 0.1) is 5.41 Å². The Morgan fingerprint density at radius 2 is 1.97 bits per heavy atom. The van der Waals surface area contributed by atoms with Crippen LogP contribution in [0.2, 0.25) is 0 Å². The van der Waals surface area contributed by atoms with E-state index >= 15 is 0 Å². The van der Waals surface area contributed by atoms with Gasteiger partial charge < -0.3 is 14.3 Å². The van der Waals surface area contributed by atoms with Gasteiger partial charge in [0.25, 0.3) is 0 Å². The summed E-state index contributed by atoms with van der Waals surface area (Å²) in [7, 11) is 0. The fourth-order valence-electron chi connectivity index (χ4n) is 4.06. The summed E-state index contributed by atoms with van der Waals surface area (Å²) in [4.78, 5) is 21.2. The molecule has 3 aromatic rings. The molecular weight excluding hydrogens is 380 g/mol. The largest absolute Gasteiger partial charge is 0.339 e. The van der Waals surface area contributed by atoms with E-state index in [1.165, 1.54) is 12.8 Å². The third kappa shape index (κ3) is 3.55. The van der Waals surface area contributed by atoms with Crippen molar-refractivity contribution < 1.29 is 9.32 Å². The molecule has 0 radical (unpaired) electrons. The average molecular weight is 409 g/mol. The number of carbonyl (C=O) groups excluding carboxylic acids is 1. The van der Waals surface area contributed by atoms with Crippen LogP contribution in [0.15, 0.2) is 28.9 Å². The number of benzene rings is 1. The molecule has 8 heteroatoms. The van der Waals surface area contributed by atoms with E-state index in [9.17, 15) is 4.79 Å². The summed E-state index contributed by atoms with van der Waals surface area (Å²) in [5.74, 6) is 0.847. The first-order chi connectivity index (χ1) is 14.4. The molecule has 0 spiro atoms. The van der Waals surface area contributed by atoms with Crippen LogP contribution in [-0.4, -0.2) is 56.9 Å². The number of carbonyl (C=O) groups is 1. The smallest absolute Gasteiger partial charge is 0.324 e. The highest BCUT2D eigenvalue weighted by Crippen LogP contribution is 2.48. The molecule has 0 atom stereocenters. The number of piperazine rings is 1. The van der Waals surface area contributed by atoms with E-state index in [1.54, 1.807) is 0 Å². The molecule has 5 rings (SSSR count). The first-order valence-electron chi connectivity index (χ1n) is 10.8. The molecule has 1 aromatic carbocycles. The molecule has 30 heavy (non-hydrogen) atoms. The van der Waals surface area contributed by atoms with Gasteiger partial charge in [-0.05, 0) is 38.2 Å². The van der Waals surface area contributed by atoms with Crippen molar-refractivity contribution in [3.8, 4) is 11.4 Å². The van der Waals surface area contributed by atoms with Crippen molar-refractivity contribution in [2.45, 2.75) is 46.1 Å². The highest BCUT2D eigenvalue weighted by atomic mass is 16.5. The Kier molecular flexibility index (Phi) is 4.52. The third-order valence-corrected chi connectivity index (χ3v) is 6.35. The predicted molar refractivity (Wildman–Crippen MR) is 114 cm³/mol. The van der Waals surface area contributed by atoms with Gasteiger partial charge in [-0.2, -0.15) is 10.1 Å². The van der Waals surface area contributed by atoms with Crippen molar-refractivity contribution in [3.63, 3.8) is 0 Å². The summed E-state index contributed by atoms with van der Waals surface area (Å²) in [5, 5.41) is 9.76. The fourth-order valence-corrected chi connectivity index (χ4v) is 4.06. The Labute approximate surface area is 175 Å². The minimum atomic E-state index is 0.252. The number of hydrogen-bond donors (Lipinski definition) is 0. The van der Waals surface area contributed by atoms with E-state index in [-0.39, 0.29) is 17.4 Å². The van der Waals surface area contributed by atoms with E-state index in [2.05, 4.69) is 47.0 Å². The average Bonchev–Trinajstić information content (AvgIpc) is 3.14. The Morgan fingerprint density at radius 1 is 1.20 bits per heavy atom. The van der Waals surface area contributed by atoms with Crippen LogP contribution in [0.4, 0.5) is 6.01 Å². The maximum atomic E-state index is 12.5. The number of hydrogen-bond acceptors (Lipinski definition) is 6. The third-order valence-electron chi connectivity index (χ3n) is 6.35. The van der Waals surface area contributed by atoms with Crippen LogP contribution in [0.3, 0.4) is 0 Å². The summed E-state index contributed by atoms with van der Waals surface area (Å²) in [6.07, 6.45) is 4.90. The number of amides is 1. The van der Waals surface area contributed by atoms with E-state index in [1.807, 2.05) is 27.9 Å². The zero-order valence-corrected chi connectivity index (χ0v) is 17.8. The standard InChI is InChI=1S/C22H28N6O2/c1-15(2)28-18-12-16(4-5-17(18)14-23-28)20-24-21(30-25-20)27-10-8-26(9-11-27)19(29)13-22(3)6-7-22/h4-5,12,14-15H,6-11,13H2,1-3H3. The van der Waals surface area contributed by atoms with Crippen LogP contribution in [-0.2, 0) is 4.79 Å². The summed E-state index contributed by atoms with van der Waals surface area (Å²) in [5.41, 5.74) is 2.22. The summed E-state index contributed by atoms with van der Waals surface area (Å²) < 4.78 is 7.55. The SMILES string of the molecule is CC(C)n1ncc2ccc(-c3noc(N4CCN(C(=O)CC5(C)CC5)CC4)n3)cc21. The van der Waals surface area contributed by atoms with Crippen molar-refractivity contribution in [2.24, 2.45) is 5.41 Å². The minimum Gasteiger partial charge on any atom is -0.339 e. The Balaban J connectivity index is 1.27. The number of fused-ring (bicyclic) bond motifs is 1. The van der Waals surface area contributed by atoms with E-state index < -0.39 is 0 Å². The summed E-state index contributed by atoms with van der Waals surface area (Å²) in [6, 6.07) is 6.89. The maximum Gasteiger partial charge on any atom is 0.324 e. The number of rotatable bonds is 5. The molecule has 0 bridgehead atoms. The molecule has 2 aromatic heterocycles. The van der Waals surface area contributed by atoms with Crippen LogP contribution < -0.4 is 4.90 Å². The van der Waals surface area contributed by atoms with Crippen LogP contribution >= 0.6 is 0 Å².